The molecule has 6 nitrogen and oxygen atoms in total. The van der Waals surface area contributed by atoms with Gasteiger partial charge >= 0.3 is 0 Å². The number of hydrogen-bond acceptors (Lipinski definition) is 4. The minimum Gasteiger partial charge on any atom is -0.496 e. The van der Waals surface area contributed by atoms with E-state index >= 15 is 0 Å². The summed E-state index contributed by atoms with van der Waals surface area (Å²) in [5.74, 6) is 0.548. The van der Waals surface area contributed by atoms with Gasteiger partial charge in [0.15, 0.2) is 0 Å². The Morgan fingerprint density at radius 3 is 2.17 bits per heavy atom. The Morgan fingerprint density at radius 2 is 1.59 bits per heavy atom. The lowest BCUT2D eigenvalue weighted by Gasteiger charge is -2.24. The van der Waals surface area contributed by atoms with Crippen molar-refractivity contribution >= 4 is 23.2 Å². The summed E-state index contributed by atoms with van der Waals surface area (Å²) < 4.78 is 5.30. The van der Waals surface area contributed by atoms with E-state index in [1.54, 1.807) is 12.0 Å². The van der Waals surface area contributed by atoms with Crippen LogP contribution in [0, 0.1) is 0 Å². The molecule has 0 saturated carbocycles. The zero-order chi connectivity index (χ0) is 21.2. The molecule has 0 aliphatic heterocycles. The molecule has 0 heterocycles. The summed E-state index contributed by atoms with van der Waals surface area (Å²) in [5, 5.41) is 2.90. The van der Waals surface area contributed by atoms with E-state index in [9.17, 15) is 9.59 Å². The van der Waals surface area contributed by atoms with Gasteiger partial charge in [0.1, 0.15) is 5.75 Å². The number of hydrogen-bond donors (Lipinski definition) is 1. The zero-order valence-electron chi connectivity index (χ0n) is 17.8. The molecule has 0 atom stereocenters. The third kappa shape index (κ3) is 6.24. The zero-order valence-corrected chi connectivity index (χ0v) is 17.8. The predicted molar refractivity (Wildman–Crippen MR) is 117 cm³/mol. The number of para-hydroxylation sites is 1. The highest BCUT2D eigenvalue weighted by Crippen LogP contribution is 2.21. The minimum absolute atomic E-state index is 0.0851. The van der Waals surface area contributed by atoms with Crippen molar-refractivity contribution < 1.29 is 14.3 Å². The van der Waals surface area contributed by atoms with E-state index in [1.807, 2.05) is 48.5 Å². The van der Waals surface area contributed by atoms with Crippen LogP contribution in [-0.2, 0) is 16.1 Å². The first-order chi connectivity index (χ1) is 14.0. The quantitative estimate of drug-likeness (QED) is 0.665. The van der Waals surface area contributed by atoms with Crippen molar-refractivity contribution in [3.8, 4) is 5.75 Å². The number of methoxy groups -OCH3 is 1. The van der Waals surface area contributed by atoms with Gasteiger partial charge in [-0.25, -0.2) is 0 Å². The highest BCUT2D eigenvalue weighted by atomic mass is 16.5. The first-order valence-electron chi connectivity index (χ1n) is 10.0. The molecule has 29 heavy (non-hydrogen) atoms. The lowest BCUT2D eigenvalue weighted by molar-refractivity contribution is -0.121. The molecule has 0 fully saturated rings. The molecule has 0 saturated heterocycles. The third-order valence-electron chi connectivity index (χ3n) is 4.90. The van der Waals surface area contributed by atoms with Gasteiger partial charge in [0, 0.05) is 56.5 Å². The standard InChI is InChI=1S/C23H31N3O3/c1-5-25(6-2)20-11-13-21(14-12-20)26(18(3)27)16-15-23(28)24-17-19-9-7-8-10-22(19)29-4/h7-14H,5-6,15-17H2,1-4H3,(H,24,28). The van der Waals surface area contributed by atoms with Crippen LogP contribution in [0.2, 0.25) is 0 Å². The summed E-state index contributed by atoms with van der Waals surface area (Å²) in [6.07, 6.45) is 0.229. The Balaban J connectivity index is 1.95. The van der Waals surface area contributed by atoms with E-state index in [2.05, 4.69) is 24.1 Å². The molecule has 0 radical (unpaired) electrons. The lowest BCUT2D eigenvalue weighted by atomic mass is 10.2. The summed E-state index contributed by atoms with van der Waals surface area (Å²) in [5.41, 5.74) is 2.83. The summed E-state index contributed by atoms with van der Waals surface area (Å²) in [4.78, 5) is 28.3. The highest BCUT2D eigenvalue weighted by molar-refractivity contribution is 5.92. The third-order valence-corrected chi connectivity index (χ3v) is 4.90. The fraction of sp³-hybridized carbons (Fsp3) is 0.391. The van der Waals surface area contributed by atoms with Gasteiger partial charge in [0.25, 0.3) is 0 Å². The average molecular weight is 398 g/mol. The van der Waals surface area contributed by atoms with Crippen LogP contribution in [0.4, 0.5) is 11.4 Å². The Morgan fingerprint density at radius 1 is 0.966 bits per heavy atom. The molecule has 2 rings (SSSR count). The van der Waals surface area contributed by atoms with Crippen molar-refractivity contribution in [2.75, 3.05) is 36.5 Å². The molecule has 2 aromatic rings. The minimum atomic E-state index is -0.109. The van der Waals surface area contributed by atoms with Crippen molar-refractivity contribution in [3.63, 3.8) is 0 Å². The van der Waals surface area contributed by atoms with Crippen molar-refractivity contribution in [1.29, 1.82) is 0 Å². The van der Waals surface area contributed by atoms with Crippen molar-refractivity contribution in [1.82, 2.24) is 5.32 Å². The van der Waals surface area contributed by atoms with E-state index in [4.69, 9.17) is 4.74 Å². The summed E-state index contributed by atoms with van der Waals surface area (Å²) in [7, 11) is 1.61. The monoisotopic (exact) mass is 397 g/mol. The molecule has 0 aromatic heterocycles. The number of carbonyl (C=O) groups is 2. The number of amides is 2. The SMILES string of the molecule is CCN(CC)c1ccc(N(CCC(=O)NCc2ccccc2OC)C(C)=O)cc1. The second-order valence-electron chi connectivity index (χ2n) is 6.70. The molecule has 156 valence electrons. The van der Waals surface area contributed by atoms with Gasteiger partial charge < -0.3 is 19.9 Å². The fourth-order valence-corrected chi connectivity index (χ4v) is 3.25. The van der Waals surface area contributed by atoms with Crippen LogP contribution in [0.5, 0.6) is 5.75 Å². The normalized spacial score (nSPS) is 10.3. The number of anilines is 2. The maximum atomic E-state index is 12.3. The molecule has 2 aromatic carbocycles. The maximum Gasteiger partial charge on any atom is 0.223 e. The number of nitrogens with one attached hydrogen (secondary N) is 1. The van der Waals surface area contributed by atoms with Gasteiger partial charge in [-0.15, -0.1) is 0 Å². The Bertz CT molecular complexity index is 801. The molecular weight excluding hydrogens is 366 g/mol. The number of benzene rings is 2. The smallest absolute Gasteiger partial charge is 0.223 e. The fourth-order valence-electron chi connectivity index (χ4n) is 3.25. The van der Waals surface area contributed by atoms with E-state index in [0.29, 0.717) is 13.1 Å². The van der Waals surface area contributed by atoms with Crippen molar-refractivity contribution in [2.45, 2.75) is 33.7 Å². The second kappa shape index (κ2) is 11.1. The average Bonchev–Trinajstić information content (AvgIpc) is 2.74. The second-order valence-corrected chi connectivity index (χ2v) is 6.70. The van der Waals surface area contributed by atoms with Gasteiger partial charge in [-0.2, -0.15) is 0 Å². The van der Waals surface area contributed by atoms with Gasteiger partial charge in [-0.05, 0) is 44.2 Å². The first-order valence-corrected chi connectivity index (χ1v) is 10.0. The molecule has 0 aliphatic carbocycles. The van der Waals surface area contributed by atoms with Crippen LogP contribution in [0.1, 0.15) is 32.8 Å². The molecule has 0 spiro atoms. The molecule has 0 unspecified atom stereocenters. The molecule has 1 N–H and O–H groups in total. The number of ether oxygens (including phenoxy) is 1. The molecule has 6 heteroatoms. The van der Waals surface area contributed by atoms with Crippen LogP contribution >= 0.6 is 0 Å². The number of nitrogens with zero attached hydrogens (tertiary/aromatic N) is 2. The van der Waals surface area contributed by atoms with Crippen LogP contribution < -0.4 is 19.9 Å². The molecule has 2 amide bonds. The van der Waals surface area contributed by atoms with Crippen LogP contribution in [-0.4, -0.2) is 38.6 Å². The van der Waals surface area contributed by atoms with Crippen LogP contribution in [0.15, 0.2) is 48.5 Å². The Kier molecular flexibility index (Phi) is 8.52. The van der Waals surface area contributed by atoms with E-state index < -0.39 is 0 Å². The number of carbonyl (C=O) groups excluding carboxylic acids is 2. The lowest BCUT2D eigenvalue weighted by Crippen LogP contribution is -2.33. The predicted octanol–water partition coefficient (Wildman–Crippen LogP) is 3.60. The van der Waals surface area contributed by atoms with E-state index in [0.717, 1.165) is 35.8 Å². The summed E-state index contributed by atoms with van der Waals surface area (Å²) >= 11 is 0. The largest absolute Gasteiger partial charge is 0.496 e. The summed E-state index contributed by atoms with van der Waals surface area (Å²) in [6.45, 7) is 8.33. The van der Waals surface area contributed by atoms with Crippen molar-refractivity contribution in [3.05, 3.63) is 54.1 Å². The maximum absolute atomic E-state index is 12.3. The number of rotatable bonds is 10. The molecular formula is C23H31N3O3. The highest BCUT2D eigenvalue weighted by Gasteiger charge is 2.14. The van der Waals surface area contributed by atoms with Crippen LogP contribution in [0.3, 0.4) is 0 Å². The van der Waals surface area contributed by atoms with Crippen LogP contribution in [0.25, 0.3) is 0 Å². The van der Waals surface area contributed by atoms with Gasteiger partial charge in [0.2, 0.25) is 11.8 Å². The first kappa shape index (κ1) is 22.3. The molecule has 0 aliphatic rings. The van der Waals surface area contributed by atoms with E-state index in [-0.39, 0.29) is 18.2 Å². The Labute approximate surface area is 173 Å². The summed E-state index contributed by atoms with van der Waals surface area (Å²) in [6, 6.07) is 15.5. The Hall–Kier alpha value is -3.02. The van der Waals surface area contributed by atoms with E-state index in [1.165, 1.54) is 6.92 Å². The van der Waals surface area contributed by atoms with Gasteiger partial charge in [-0.1, -0.05) is 18.2 Å². The van der Waals surface area contributed by atoms with Gasteiger partial charge in [0.05, 0.1) is 7.11 Å². The molecule has 0 bridgehead atoms. The van der Waals surface area contributed by atoms with Crippen molar-refractivity contribution in [2.24, 2.45) is 0 Å². The van der Waals surface area contributed by atoms with Gasteiger partial charge in [-0.3, -0.25) is 9.59 Å². The topological polar surface area (TPSA) is 61.9 Å².